The topological polar surface area (TPSA) is 83.2 Å². The summed E-state index contributed by atoms with van der Waals surface area (Å²) in [5.74, 6) is 1.16. The van der Waals surface area contributed by atoms with Crippen molar-refractivity contribution in [1.82, 2.24) is 10.3 Å². The van der Waals surface area contributed by atoms with E-state index in [9.17, 15) is 9.59 Å². The van der Waals surface area contributed by atoms with E-state index in [0.29, 0.717) is 11.3 Å². The number of para-hydroxylation sites is 1. The van der Waals surface area contributed by atoms with Gasteiger partial charge in [0.05, 0.1) is 7.11 Å². The molecule has 2 heterocycles. The molecule has 0 aliphatic carbocycles. The zero-order valence-corrected chi connectivity index (χ0v) is 19.1. The van der Waals surface area contributed by atoms with Crippen molar-refractivity contribution in [2.75, 3.05) is 19.5 Å². The number of anilines is 1. The third-order valence-electron chi connectivity index (χ3n) is 6.04. The van der Waals surface area contributed by atoms with Crippen molar-refractivity contribution in [1.29, 1.82) is 0 Å². The Morgan fingerprint density at radius 3 is 2.61 bits per heavy atom. The highest BCUT2D eigenvalue weighted by molar-refractivity contribution is 8.00. The summed E-state index contributed by atoms with van der Waals surface area (Å²) in [5, 5.41) is 6.60. The summed E-state index contributed by atoms with van der Waals surface area (Å²) < 4.78 is 4.31. The lowest BCUT2D eigenvalue weighted by molar-refractivity contribution is -0.117. The second-order valence-electron chi connectivity index (χ2n) is 7.86. The number of carbonyl (C=O) groups excluding carboxylic acids is 2. The molecule has 3 aromatic carbocycles. The highest BCUT2D eigenvalue weighted by Crippen LogP contribution is 2.53. The summed E-state index contributed by atoms with van der Waals surface area (Å²) in [6.07, 6.45) is 1.89. The Morgan fingerprint density at radius 1 is 1.06 bits per heavy atom. The molecule has 0 bridgehead atoms. The second kappa shape index (κ2) is 8.33. The van der Waals surface area contributed by atoms with Crippen LogP contribution in [0.2, 0.25) is 0 Å². The van der Waals surface area contributed by atoms with Crippen LogP contribution in [0.4, 0.5) is 5.69 Å². The maximum absolute atomic E-state index is 13.6. The summed E-state index contributed by atoms with van der Waals surface area (Å²) >= 11 is 1.57. The molecule has 0 spiro atoms. The molecular weight excluding hydrogens is 434 g/mol. The van der Waals surface area contributed by atoms with Crippen LogP contribution >= 0.6 is 11.8 Å². The van der Waals surface area contributed by atoms with Crippen molar-refractivity contribution in [3.05, 3.63) is 95.2 Å². The van der Waals surface area contributed by atoms with Crippen molar-refractivity contribution >= 4 is 40.2 Å². The SMILES string of the molecule is CNC(=O)c1ccc2[nH]cc(C3(SCc4ccc(OC)cc4)C(=O)Nc4ccccc43)c2c1. The number of hydrogen-bond donors (Lipinski definition) is 3. The van der Waals surface area contributed by atoms with Gasteiger partial charge in [0.25, 0.3) is 5.91 Å². The number of fused-ring (bicyclic) bond motifs is 2. The Hall–Kier alpha value is -3.71. The maximum Gasteiger partial charge on any atom is 0.251 e. The molecule has 7 heteroatoms. The van der Waals surface area contributed by atoms with Gasteiger partial charge in [-0.05, 0) is 42.0 Å². The molecule has 0 radical (unpaired) electrons. The zero-order chi connectivity index (χ0) is 23.0. The molecule has 1 atom stereocenters. The van der Waals surface area contributed by atoms with Gasteiger partial charge in [-0.25, -0.2) is 0 Å². The fourth-order valence-corrected chi connectivity index (χ4v) is 5.75. The molecule has 5 rings (SSSR count). The number of ether oxygens (including phenoxy) is 1. The van der Waals surface area contributed by atoms with E-state index < -0.39 is 4.75 Å². The largest absolute Gasteiger partial charge is 0.497 e. The summed E-state index contributed by atoms with van der Waals surface area (Å²) in [4.78, 5) is 29.2. The molecule has 0 fully saturated rings. The number of benzene rings is 3. The van der Waals surface area contributed by atoms with Gasteiger partial charge in [0.15, 0.2) is 0 Å². The van der Waals surface area contributed by atoms with Gasteiger partial charge >= 0.3 is 0 Å². The molecule has 2 amide bonds. The number of rotatable bonds is 6. The monoisotopic (exact) mass is 457 g/mol. The lowest BCUT2D eigenvalue weighted by Gasteiger charge is -2.27. The van der Waals surface area contributed by atoms with Crippen molar-refractivity contribution in [2.45, 2.75) is 10.5 Å². The molecule has 1 aliphatic rings. The number of aromatic amines is 1. The summed E-state index contributed by atoms with van der Waals surface area (Å²) in [6, 6.07) is 21.2. The Kier molecular flexibility index (Phi) is 5.34. The van der Waals surface area contributed by atoms with Crippen LogP contribution in [0.25, 0.3) is 10.9 Å². The average molecular weight is 458 g/mol. The number of nitrogens with one attached hydrogen (secondary N) is 3. The molecule has 33 heavy (non-hydrogen) atoms. The van der Waals surface area contributed by atoms with Crippen LogP contribution in [0.5, 0.6) is 5.75 Å². The summed E-state index contributed by atoms with van der Waals surface area (Å²) in [7, 11) is 3.25. The number of methoxy groups -OCH3 is 1. The average Bonchev–Trinajstić information content (AvgIpc) is 3.40. The minimum Gasteiger partial charge on any atom is -0.497 e. The molecule has 1 aromatic heterocycles. The van der Waals surface area contributed by atoms with Crippen LogP contribution < -0.4 is 15.4 Å². The molecule has 166 valence electrons. The molecule has 3 N–H and O–H groups in total. The third kappa shape index (κ3) is 3.45. The Morgan fingerprint density at radius 2 is 1.85 bits per heavy atom. The summed E-state index contributed by atoms with van der Waals surface area (Å²) in [5.41, 5.74) is 5.07. The lowest BCUT2D eigenvalue weighted by atomic mass is 9.90. The van der Waals surface area contributed by atoms with Crippen molar-refractivity contribution in [3.8, 4) is 5.75 Å². The van der Waals surface area contributed by atoms with Gasteiger partial charge in [0.2, 0.25) is 5.91 Å². The minimum atomic E-state index is -0.962. The Bertz CT molecular complexity index is 1360. The first-order valence-corrected chi connectivity index (χ1v) is 11.6. The van der Waals surface area contributed by atoms with Gasteiger partial charge in [-0.2, -0.15) is 0 Å². The summed E-state index contributed by atoms with van der Waals surface area (Å²) in [6.45, 7) is 0. The molecule has 6 nitrogen and oxygen atoms in total. The van der Waals surface area contributed by atoms with Gasteiger partial charge in [-0.15, -0.1) is 11.8 Å². The molecular formula is C26H23N3O3S. The smallest absolute Gasteiger partial charge is 0.251 e. The number of H-pyrrole nitrogens is 1. The standard InChI is InChI=1S/C26H23N3O3S/c1-27-24(30)17-9-12-22-19(13-17)21(14-28-22)26(20-5-3-4-6-23(20)29-25(26)31)33-15-16-7-10-18(32-2)11-8-16/h3-14,28H,15H2,1-2H3,(H,27,30)(H,29,31). The number of amides is 2. The van der Waals surface area contributed by atoms with E-state index >= 15 is 0 Å². The van der Waals surface area contributed by atoms with Gasteiger partial charge < -0.3 is 20.4 Å². The van der Waals surface area contributed by atoms with Crippen molar-refractivity contribution in [2.24, 2.45) is 0 Å². The first-order valence-electron chi connectivity index (χ1n) is 10.6. The van der Waals surface area contributed by atoms with Crippen LogP contribution in [0.1, 0.15) is 27.0 Å². The predicted molar refractivity (Wildman–Crippen MR) is 132 cm³/mol. The fourth-order valence-electron chi connectivity index (χ4n) is 4.33. The van der Waals surface area contributed by atoms with Crippen LogP contribution in [0, 0.1) is 0 Å². The van der Waals surface area contributed by atoms with Crippen LogP contribution in [0.15, 0.2) is 72.9 Å². The molecule has 0 saturated carbocycles. The lowest BCUT2D eigenvalue weighted by Crippen LogP contribution is -2.32. The molecule has 1 aliphatic heterocycles. The normalized spacial score (nSPS) is 17.0. The quantitative estimate of drug-likeness (QED) is 0.393. The Balaban J connectivity index is 1.65. The first-order chi connectivity index (χ1) is 16.1. The Labute approximate surface area is 195 Å². The van der Waals surface area contributed by atoms with Crippen molar-refractivity contribution < 1.29 is 14.3 Å². The number of hydrogen-bond acceptors (Lipinski definition) is 4. The predicted octanol–water partition coefficient (Wildman–Crippen LogP) is 4.67. The highest BCUT2D eigenvalue weighted by Gasteiger charge is 2.50. The van der Waals surface area contributed by atoms with E-state index in [2.05, 4.69) is 15.6 Å². The van der Waals surface area contributed by atoms with E-state index in [4.69, 9.17) is 4.74 Å². The third-order valence-corrected chi connectivity index (χ3v) is 7.57. The van der Waals surface area contributed by atoms with E-state index in [-0.39, 0.29) is 11.8 Å². The van der Waals surface area contributed by atoms with E-state index in [1.165, 1.54) is 0 Å². The highest BCUT2D eigenvalue weighted by atomic mass is 32.2. The van der Waals surface area contributed by atoms with E-state index in [1.807, 2.05) is 66.9 Å². The van der Waals surface area contributed by atoms with Crippen molar-refractivity contribution in [3.63, 3.8) is 0 Å². The minimum absolute atomic E-state index is 0.0894. The molecule has 1 unspecified atom stereocenters. The first kappa shape index (κ1) is 21.2. The van der Waals surface area contributed by atoms with E-state index in [1.54, 1.807) is 32.0 Å². The number of thioether (sulfide) groups is 1. The number of carbonyl (C=O) groups is 2. The van der Waals surface area contributed by atoms with Gasteiger partial charge in [0, 0.05) is 52.3 Å². The molecule has 0 saturated heterocycles. The van der Waals surface area contributed by atoms with Crippen LogP contribution in [-0.2, 0) is 15.3 Å². The number of aromatic nitrogens is 1. The maximum atomic E-state index is 13.6. The van der Waals surface area contributed by atoms with Gasteiger partial charge in [0.1, 0.15) is 10.5 Å². The van der Waals surface area contributed by atoms with E-state index in [0.717, 1.165) is 39.0 Å². The second-order valence-corrected chi connectivity index (χ2v) is 9.05. The van der Waals surface area contributed by atoms with Crippen LogP contribution in [0.3, 0.4) is 0 Å². The zero-order valence-electron chi connectivity index (χ0n) is 18.3. The molecule has 4 aromatic rings. The van der Waals surface area contributed by atoms with Gasteiger partial charge in [-0.1, -0.05) is 30.3 Å². The fraction of sp³-hybridized carbons (Fsp3) is 0.154. The van der Waals surface area contributed by atoms with Crippen LogP contribution in [-0.4, -0.2) is 31.0 Å². The van der Waals surface area contributed by atoms with Gasteiger partial charge in [-0.3, -0.25) is 9.59 Å².